The van der Waals surface area contributed by atoms with Gasteiger partial charge in [-0.15, -0.1) is 12.3 Å². The van der Waals surface area contributed by atoms with Crippen LogP contribution in [0.4, 0.5) is 0 Å². The van der Waals surface area contributed by atoms with Crippen LogP contribution in [0.2, 0.25) is 0 Å². The minimum atomic E-state index is 0.378. The molecule has 0 amide bonds. The van der Waals surface area contributed by atoms with Crippen LogP contribution in [0, 0.1) is 12.3 Å². The van der Waals surface area contributed by atoms with Gasteiger partial charge in [-0.2, -0.15) is 0 Å². The Bertz CT molecular complexity index is 554. The van der Waals surface area contributed by atoms with Gasteiger partial charge in [-0.1, -0.05) is 31.2 Å². The summed E-state index contributed by atoms with van der Waals surface area (Å²) in [5.74, 6) is 2.70. The Morgan fingerprint density at radius 1 is 1.28 bits per heavy atom. The molecule has 0 spiro atoms. The van der Waals surface area contributed by atoms with E-state index >= 15 is 0 Å². The Morgan fingerprint density at radius 3 is 2.89 bits per heavy atom. The lowest BCUT2D eigenvalue weighted by Crippen LogP contribution is -2.27. The number of nitrogens with one attached hydrogen (secondary N) is 1. The zero-order valence-corrected chi connectivity index (χ0v) is 10.7. The standard InChI is InChI=1S/C16H18N2/c1-3-7-14(4-2)17-12-15-11-10-13-8-5-6-9-16(13)18-15/h1,5-6,8-11,14,17H,4,7,12H2,2H3. The summed E-state index contributed by atoms with van der Waals surface area (Å²) in [6, 6.07) is 12.7. The van der Waals surface area contributed by atoms with Gasteiger partial charge in [-0.25, -0.2) is 0 Å². The maximum absolute atomic E-state index is 5.34. The third-order valence-electron chi connectivity index (χ3n) is 3.08. The molecular weight excluding hydrogens is 220 g/mol. The van der Waals surface area contributed by atoms with Crippen LogP contribution in [0.25, 0.3) is 10.9 Å². The Labute approximate surface area is 108 Å². The minimum Gasteiger partial charge on any atom is -0.307 e. The smallest absolute Gasteiger partial charge is 0.0705 e. The van der Waals surface area contributed by atoms with Gasteiger partial charge in [0, 0.05) is 24.4 Å². The maximum atomic E-state index is 5.34. The van der Waals surface area contributed by atoms with Gasteiger partial charge in [-0.3, -0.25) is 4.98 Å². The van der Waals surface area contributed by atoms with Crippen molar-refractivity contribution in [2.45, 2.75) is 32.4 Å². The first-order valence-electron chi connectivity index (χ1n) is 6.35. The van der Waals surface area contributed by atoms with Crippen molar-refractivity contribution in [1.29, 1.82) is 0 Å². The first-order chi connectivity index (χ1) is 8.83. The van der Waals surface area contributed by atoms with Crippen LogP contribution in [0.5, 0.6) is 0 Å². The summed E-state index contributed by atoms with van der Waals surface area (Å²) in [6.45, 7) is 2.91. The molecule has 1 aromatic carbocycles. The fourth-order valence-corrected chi connectivity index (χ4v) is 1.96. The molecule has 2 aromatic rings. The molecule has 2 rings (SSSR count). The van der Waals surface area contributed by atoms with E-state index in [-0.39, 0.29) is 0 Å². The van der Waals surface area contributed by atoms with Crippen molar-refractivity contribution in [3.05, 3.63) is 42.1 Å². The first-order valence-corrected chi connectivity index (χ1v) is 6.35. The molecule has 1 unspecified atom stereocenters. The lowest BCUT2D eigenvalue weighted by molar-refractivity contribution is 0.503. The van der Waals surface area contributed by atoms with Crippen LogP contribution < -0.4 is 5.32 Å². The van der Waals surface area contributed by atoms with E-state index < -0.39 is 0 Å². The van der Waals surface area contributed by atoms with Crippen molar-refractivity contribution in [3.63, 3.8) is 0 Å². The largest absolute Gasteiger partial charge is 0.307 e. The van der Waals surface area contributed by atoms with Gasteiger partial charge in [-0.05, 0) is 18.6 Å². The Hall–Kier alpha value is -1.85. The van der Waals surface area contributed by atoms with Crippen LogP contribution in [-0.2, 0) is 6.54 Å². The molecule has 0 aliphatic rings. The van der Waals surface area contributed by atoms with Crippen LogP contribution in [0.15, 0.2) is 36.4 Å². The van der Waals surface area contributed by atoms with Gasteiger partial charge in [0.1, 0.15) is 0 Å². The second kappa shape index (κ2) is 6.18. The van der Waals surface area contributed by atoms with Crippen LogP contribution >= 0.6 is 0 Å². The molecule has 0 aliphatic carbocycles. The van der Waals surface area contributed by atoms with Gasteiger partial charge >= 0.3 is 0 Å². The van der Waals surface area contributed by atoms with Gasteiger partial charge < -0.3 is 5.32 Å². The van der Waals surface area contributed by atoms with Crippen LogP contribution in [0.3, 0.4) is 0 Å². The van der Waals surface area contributed by atoms with Gasteiger partial charge in [0.05, 0.1) is 11.2 Å². The summed E-state index contributed by atoms with van der Waals surface area (Å²) >= 11 is 0. The zero-order valence-electron chi connectivity index (χ0n) is 10.7. The number of hydrogen-bond acceptors (Lipinski definition) is 2. The molecule has 0 radical (unpaired) electrons. The molecule has 1 atom stereocenters. The molecule has 0 saturated carbocycles. The van der Waals surface area contributed by atoms with Crippen LogP contribution in [0.1, 0.15) is 25.5 Å². The molecule has 1 aromatic heterocycles. The summed E-state index contributed by atoms with van der Waals surface area (Å²) in [7, 11) is 0. The zero-order chi connectivity index (χ0) is 12.8. The number of fused-ring (bicyclic) bond motifs is 1. The Balaban J connectivity index is 2.06. The van der Waals surface area contributed by atoms with Crippen molar-refractivity contribution >= 4 is 10.9 Å². The highest BCUT2D eigenvalue weighted by Gasteiger charge is 2.04. The molecule has 92 valence electrons. The number of aromatic nitrogens is 1. The van der Waals surface area contributed by atoms with Gasteiger partial charge in [0.15, 0.2) is 0 Å². The average molecular weight is 238 g/mol. The monoisotopic (exact) mass is 238 g/mol. The molecule has 2 heteroatoms. The predicted molar refractivity (Wildman–Crippen MR) is 76.1 cm³/mol. The van der Waals surface area contributed by atoms with Crippen molar-refractivity contribution in [2.75, 3.05) is 0 Å². The average Bonchev–Trinajstić information content (AvgIpc) is 2.43. The fourth-order valence-electron chi connectivity index (χ4n) is 1.96. The predicted octanol–water partition coefficient (Wildman–Crippen LogP) is 3.13. The highest BCUT2D eigenvalue weighted by molar-refractivity contribution is 5.78. The number of terminal acetylenes is 1. The number of nitrogens with zero attached hydrogens (tertiary/aromatic N) is 1. The van der Waals surface area contributed by atoms with E-state index in [0.717, 1.165) is 30.6 Å². The van der Waals surface area contributed by atoms with E-state index in [4.69, 9.17) is 6.42 Å². The first kappa shape index (κ1) is 12.6. The van der Waals surface area contributed by atoms with Crippen LogP contribution in [-0.4, -0.2) is 11.0 Å². The number of para-hydroxylation sites is 1. The minimum absolute atomic E-state index is 0.378. The Kier molecular flexibility index (Phi) is 4.33. The SMILES string of the molecule is C#CCC(CC)NCc1ccc2ccccc2n1. The number of pyridine rings is 1. The second-order valence-corrected chi connectivity index (χ2v) is 4.39. The van der Waals surface area contributed by atoms with E-state index in [1.54, 1.807) is 0 Å². The molecule has 1 heterocycles. The Morgan fingerprint density at radius 2 is 2.11 bits per heavy atom. The third-order valence-corrected chi connectivity index (χ3v) is 3.08. The van der Waals surface area contributed by atoms with E-state index in [9.17, 15) is 0 Å². The van der Waals surface area contributed by atoms with E-state index in [0.29, 0.717) is 6.04 Å². The molecular formula is C16H18N2. The molecule has 2 nitrogen and oxygen atoms in total. The van der Waals surface area contributed by atoms with Gasteiger partial charge in [0.2, 0.25) is 0 Å². The molecule has 0 aliphatic heterocycles. The topological polar surface area (TPSA) is 24.9 Å². The van der Waals surface area contributed by atoms with Gasteiger partial charge in [0.25, 0.3) is 0 Å². The van der Waals surface area contributed by atoms with Crippen molar-refractivity contribution < 1.29 is 0 Å². The third kappa shape index (κ3) is 3.09. The summed E-state index contributed by atoms with van der Waals surface area (Å²) in [5.41, 5.74) is 2.10. The number of rotatable bonds is 5. The maximum Gasteiger partial charge on any atom is 0.0705 e. The van der Waals surface area contributed by atoms with E-state index in [1.807, 2.05) is 18.2 Å². The second-order valence-electron chi connectivity index (χ2n) is 4.39. The lowest BCUT2D eigenvalue weighted by Gasteiger charge is -2.13. The highest BCUT2D eigenvalue weighted by atomic mass is 14.9. The van der Waals surface area contributed by atoms with Crippen molar-refractivity contribution in [2.24, 2.45) is 0 Å². The molecule has 18 heavy (non-hydrogen) atoms. The fraction of sp³-hybridized carbons (Fsp3) is 0.312. The summed E-state index contributed by atoms with van der Waals surface area (Å²) in [6.07, 6.45) is 7.15. The van der Waals surface area contributed by atoms with Crippen molar-refractivity contribution in [3.8, 4) is 12.3 Å². The molecule has 0 bridgehead atoms. The quantitative estimate of drug-likeness (QED) is 0.809. The van der Waals surface area contributed by atoms with Crippen molar-refractivity contribution in [1.82, 2.24) is 10.3 Å². The highest BCUT2D eigenvalue weighted by Crippen LogP contribution is 2.11. The molecule has 1 N–H and O–H groups in total. The lowest BCUT2D eigenvalue weighted by atomic mass is 10.1. The molecule has 0 saturated heterocycles. The summed E-state index contributed by atoms with van der Waals surface area (Å²) < 4.78 is 0. The number of benzene rings is 1. The normalized spacial score (nSPS) is 12.2. The number of hydrogen-bond donors (Lipinski definition) is 1. The summed E-state index contributed by atoms with van der Waals surface area (Å²) in [4.78, 5) is 4.63. The summed E-state index contributed by atoms with van der Waals surface area (Å²) in [5, 5.41) is 4.62. The van der Waals surface area contributed by atoms with E-state index in [2.05, 4.69) is 41.3 Å². The van der Waals surface area contributed by atoms with E-state index in [1.165, 1.54) is 5.39 Å². The molecule has 0 fully saturated rings.